The lowest BCUT2D eigenvalue weighted by atomic mass is 10.1. The average Bonchev–Trinajstić information content (AvgIpc) is 2.82. The van der Waals surface area contributed by atoms with Gasteiger partial charge in [0.2, 0.25) is 5.91 Å². The van der Waals surface area contributed by atoms with E-state index in [1.807, 2.05) is 0 Å². The Balaban J connectivity index is 1.69. The quantitative estimate of drug-likeness (QED) is 0.724. The zero-order valence-electron chi connectivity index (χ0n) is 10.3. The topological polar surface area (TPSA) is 58.4 Å². The fourth-order valence-corrected chi connectivity index (χ4v) is 2.27. The second-order valence-corrected chi connectivity index (χ2v) is 5.61. The van der Waals surface area contributed by atoms with Crippen LogP contribution in [0.5, 0.6) is 0 Å². The van der Waals surface area contributed by atoms with Gasteiger partial charge in [0, 0.05) is 19.1 Å². The predicted molar refractivity (Wildman–Crippen MR) is 64.0 cm³/mol. The Kier molecular flexibility index (Phi) is 3.22. The molecule has 92 valence electrons. The number of nitrogens with two attached hydrogens (primary N) is 1. The summed E-state index contributed by atoms with van der Waals surface area (Å²) in [5.41, 5.74) is 5.31. The first-order valence-electron chi connectivity index (χ1n) is 6.32. The first-order valence-corrected chi connectivity index (χ1v) is 6.32. The van der Waals surface area contributed by atoms with Crippen molar-refractivity contribution >= 4 is 5.91 Å². The predicted octanol–water partition coefficient (Wildman–Crippen LogP) is 0.324. The Morgan fingerprint density at radius 2 is 2.25 bits per heavy atom. The van der Waals surface area contributed by atoms with Crippen LogP contribution in [-0.4, -0.2) is 42.0 Å². The first-order chi connectivity index (χ1) is 7.51. The van der Waals surface area contributed by atoms with E-state index in [1.54, 1.807) is 0 Å². The van der Waals surface area contributed by atoms with Crippen LogP contribution < -0.4 is 11.1 Å². The SMILES string of the molecule is CC(C)N1CCC(CNC(=O)C2(N)CC2)C1. The molecule has 0 bridgehead atoms. The highest BCUT2D eigenvalue weighted by atomic mass is 16.2. The van der Waals surface area contributed by atoms with Gasteiger partial charge in [0.15, 0.2) is 0 Å². The standard InChI is InChI=1S/C12H23N3O/c1-9(2)15-6-3-10(8-15)7-14-11(16)12(13)4-5-12/h9-10H,3-8,13H2,1-2H3,(H,14,16). The van der Waals surface area contributed by atoms with Gasteiger partial charge in [-0.25, -0.2) is 0 Å². The van der Waals surface area contributed by atoms with Crippen LogP contribution >= 0.6 is 0 Å². The van der Waals surface area contributed by atoms with E-state index >= 15 is 0 Å². The van der Waals surface area contributed by atoms with E-state index in [9.17, 15) is 4.79 Å². The molecule has 0 aromatic rings. The largest absolute Gasteiger partial charge is 0.354 e. The minimum Gasteiger partial charge on any atom is -0.354 e. The number of hydrogen-bond acceptors (Lipinski definition) is 3. The molecule has 3 N–H and O–H groups in total. The summed E-state index contributed by atoms with van der Waals surface area (Å²) in [6.45, 7) is 7.50. The van der Waals surface area contributed by atoms with Gasteiger partial charge in [0.05, 0.1) is 5.54 Å². The molecule has 1 aliphatic carbocycles. The molecule has 1 amide bonds. The van der Waals surface area contributed by atoms with Gasteiger partial charge in [0.1, 0.15) is 0 Å². The molecular weight excluding hydrogens is 202 g/mol. The van der Waals surface area contributed by atoms with Gasteiger partial charge in [-0.05, 0) is 45.6 Å². The van der Waals surface area contributed by atoms with Crippen molar-refractivity contribution in [2.24, 2.45) is 11.7 Å². The Morgan fingerprint density at radius 3 is 2.75 bits per heavy atom. The van der Waals surface area contributed by atoms with Crippen molar-refractivity contribution in [3.63, 3.8) is 0 Å². The summed E-state index contributed by atoms with van der Waals surface area (Å²) in [6.07, 6.45) is 2.89. The lowest BCUT2D eigenvalue weighted by Gasteiger charge is -2.20. The van der Waals surface area contributed by atoms with E-state index in [2.05, 4.69) is 24.1 Å². The number of nitrogens with one attached hydrogen (secondary N) is 1. The molecule has 0 spiro atoms. The molecule has 1 atom stereocenters. The molecule has 1 unspecified atom stereocenters. The molecule has 0 aromatic heterocycles. The van der Waals surface area contributed by atoms with E-state index in [1.165, 1.54) is 6.42 Å². The number of carbonyl (C=O) groups excluding carboxylic acids is 1. The van der Waals surface area contributed by atoms with E-state index in [0.29, 0.717) is 12.0 Å². The third kappa shape index (κ3) is 2.55. The fraction of sp³-hybridized carbons (Fsp3) is 0.917. The zero-order valence-corrected chi connectivity index (χ0v) is 10.3. The number of rotatable bonds is 4. The van der Waals surface area contributed by atoms with Crippen molar-refractivity contribution in [3.8, 4) is 0 Å². The summed E-state index contributed by atoms with van der Waals surface area (Å²) < 4.78 is 0. The van der Waals surface area contributed by atoms with Crippen LogP contribution in [0.3, 0.4) is 0 Å². The molecule has 1 saturated carbocycles. The Bertz CT molecular complexity index is 273. The van der Waals surface area contributed by atoms with E-state index in [-0.39, 0.29) is 5.91 Å². The normalized spacial score (nSPS) is 28.4. The van der Waals surface area contributed by atoms with Gasteiger partial charge in [-0.3, -0.25) is 4.79 Å². The van der Waals surface area contributed by atoms with Crippen molar-refractivity contribution in [1.29, 1.82) is 0 Å². The smallest absolute Gasteiger partial charge is 0.240 e. The van der Waals surface area contributed by atoms with Crippen molar-refractivity contribution < 1.29 is 4.79 Å². The second-order valence-electron chi connectivity index (χ2n) is 5.61. The number of likely N-dealkylation sites (tertiary alicyclic amines) is 1. The lowest BCUT2D eigenvalue weighted by molar-refractivity contribution is -0.123. The van der Waals surface area contributed by atoms with Gasteiger partial charge in [0.25, 0.3) is 0 Å². The number of nitrogens with zero attached hydrogens (tertiary/aromatic N) is 1. The van der Waals surface area contributed by atoms with Crippen molar-refractivity contribution in [1.82, 2.24) is 10.2 Å². The van der Waals surface area contributed by atoms with Crippen LogP contribution in [0.1, 0.15) is 33.1 Å². The van der Waals surface area contributed by atoms with Crippen LogP contribution in [0.2, 0.25) is 0 Å². The van der Waals surface area contributed by atoms with Crippen molar-refractivity contribution in [2.75, 3.05) is 19.6 Å². The maximum atomic E-state index is 11.6. The third-order valence-corrected chi connectivity index (χ3v) is 3.84. The number of carbonyl (C=O) groups is 1. The second kappa shape index (κ2) is 4.34. The van der Waals surface area contributed by atoms with Crippen molar-refractivity contribution in [3.05, 3.63) is 0 Å². The molecule has 2 fully saturated rings. The maximum Gasteiger partial charge on any atom is 0.240 e. The van der Waals surface area contributed by atoms with Crippen LogP contribution in [0, 0.1) is 5.92 Å². The van der Waals surface area contributed by atoms with Crippen LogP contribution in [0.15, 0.2) is 0 Å². The first kappa shape index (κ1) is 11.9. The van der Waals surface area contributed by atoms with Gasteiger partial charge in [-0.15, -0.1) is 0 Å². The van der Waals surface area contributed by atoms with Gasteiger partial charge in [-0.2, -0.15) is 0 Å². The highest BCUT2D eigenvalue weighted by Gasteiger charge is 2.45. The average molecular weight is 225 g/mol. The van der Waals surface area contributed by atoms with Crippen LogP contribution in [-0.2, 0) is 4.79 Å². The molecule has 1 saturated heterocycles. The monoisotopic (exact) mass is 225 g/mol. The Morgan fingerprint density at radius 1 is 1.56 bits per heavy atom. The summed E-state index contributed by atoms with van der Waals surface area (Å²) in [7, 11) is 0. The minimum atomic E-state index is -0.518. The summed E-state index contributed by atoms with van der Waals surface area (Å²) in [4.78, 5) is 14.1. The van der Waals surface area contributed by atoms with E-state index in [4.69, 9.17) is 5.73 Å². The fourth-order valence-electron chi connectivity index (χ4n) is 2.27. The molecule has 1 heterocycles. The maximum absolute atomic E-state index is 11.6. The molecular formula is C12H23N3O. The number of amides is 1. The lowest BCUT2D eigenvalue weighted by Crippen LogP contribution is -2.44. The van der Waals surface area contributed by atoms with Gasteiger partial charge >= 0.3 is 0 Å². The molecule has 4 heteroatoms. The summed E-state index contributed by atoms with van der Waals surface area (Å²) in [5.74, 6) is 0.657. The van der Waals surface area contributed by atoms with Crippen molar-refractivity contribution in [2.45, 2.75) is 44.7 Å². The molecule has 1 aliphatic heterocycles. The third-order valence-electron chi connectivity index (χ3n) is 3.84. The summed E-state index contributed by atoms with van der Waals surface area (Å²) >= 11 is 0. The Hall–Kier alpha value is -0.610. The summed E-state index contributed by atoms with van der Waals surface area (Å²) in [5, 5.41) is 3.00. The molecule has 16 heavy (non-hydrogen) atoms. The Labute approximate surface area is 97.6 Å². The number of hydrogen-bond donors (Lipinski definition) is 2. The molecule has 0 radical (unpaired) electrons. The highest BCUT2D eigenvalue weighted by Crippen LogP contribution is 2.32. The molecule has 2 aliphatic rings. The van der Waals surface area contributed by atoms with E-state index in [0.717, 1.165) is 32.5 Å². The zero-order chi connectivity index (χ0) is 11.8. The van der Waals surface area contributed by atoms with Crippen LogP contribution in [0.25, 0.3) is 0 Å². The van der Waals surface area contributed by atoms with Gasteiger partial charge < -0.3 is 16.0 Å². The molecule has 4 nitrogen and oxygen atoms in total. The molecule has 2 rings (SSSR count). The minimum absolute atomic E-state index is 0.0514. The molecule has 0 aromatic carbocycles. The summed E-state index contributed by atoms with van der Waals surface area (Å²) in [6, 6.07) is 0.616. The van der Waals surface area contributed by atoms with Crippen LogP contribution in [0.4, 0.5) is 0 Å². The van der Waals surface area contributed by atoms with Gasteiger partial charge in [-0.1, -0.05) is 0 Å². The van der Waals surface area contributed by atoms with E-state index < -0.39 is 5.54 Å². The highest BCUT2D eigenvalue weighted by molar-refractivity contribution is 5.88.